The lowest BCUT2D eigenvalue weighted by molar-refractivity contribution is -0.138. The van der Waals surface area contributed by atoms with Crippen LogP contribution in [0.2, 0.25) is 0 Å². The highest BCUT2D eigenvalue weighted by Crippen LogP contribution is 2.39. The van der Waals surface area contributed by atoms with Crippen LogP contribution in [0.25, 0.3) is 10.9 Å². The van der Waals surface area contributed by atoms with E-state index in [-0.39, 0.29) is 10.0 Å². The number of H-pyrrole nitrogens is 1. The van der Waals surface area contributed by atoms with E-state index in [1.807, 2.05) is 4.90 Å². The van der Waals surface area contributed by atoms with Crippen molar-refractivity contribution in [2.45, 2.75) is 44.2 Å². The van der Waals surface area contributed by atoms with Gasteiger partial charge in [0.05, 0.1) is 25.2 Å². The number of carbonyl (C=O) groups is 1. The Morgan fingerprint density at radius 2 is 1.80 bits per heavy atom. The number of morpholine rings is 1. The number of carbonyl (C=O) groups excluding carboxylic acids is 1. The lowest BCUT2D eigenvalue weighted by Crippen LogP contribution is -2.36. The van der Waals surface area contributed by atoms with Gasteiger partial charge in [-0.05, 0) is 54.0 Å². The van der Waals surface area contributed by atoms with Crippen molar-refractivity contribution in [2.24, 2.45) is 5.73 Å². The quantitative estimate of drug-likeness (QED) is 0.408. The summed E-state index contributed by atoms with van der Waals surface area (Å²) < 4.78 is 45.1. The van der Waals surface area contributed by atoms with E-state index in [4.69, 9.17) is 10.5 Å². The van der Waals surface area contributed by atoms with Crippen molar-refractivity contribution in [3.8, 4) is 0 Å². The van der Waals surface area contributed by atoms with E-state index in [9.17, 15) is 18.0 Å². The van der Waals surface area contributed by atoms with Gasteiger partial charge in [0.15, 0.2) is 0 Å². The zero-order chi connectivity index (χ0) is 25.0. The number of benzene rings is 2. The molecular weight excluding hydrogens is 523 g/mol. The summed E-state index contributed by atoms with van der Waals surface area (Å²) in [5.41, 5.74) is 7.25. The van der Waals surface area contributed by atoms with Crippen LogP contribution < -0.4 is 10.6 Å². The van der Waals surface area contributed by atoms with Gasteiger partial charge in [-0.25, -0.2) is 0 Å². The van der Waals surface area contributed by atoms with Gasteiger partial charge in [0.1, 0.15) is 0 Å². The fourth-order valence-corrected chi connectivity index (χ4v) is 5.37. The van der Waals surface area contributed by atoms with Crippen LogP contribution in [0.5, 0.6) is 0 Å². The number of aromatic nitrogens is 1. The maximum atomic E-state index is 13.2. The van der Waals surface area contributed by atoms with Gasteiger partial charge in [0.25, 0.3) is 0 Å². The van der Waals surface area contributed by atoms with Crippen LogP contribution >= 0.6 is 15.9 Å². The van der Waals surface area contributed by atoms with Gasteiger partial charge in [-0.2, -0.15) is 13.2 Å². The Balaban J connectivity index is 0.000000177. The van der Waals surface area contributed by atoms with Gasteiger partial charge in [-0.3, -0.25) is 4.79 Å². The summed E-state index contributed by atoms with van der Waals surface area (Å²) in [6.45, 7) is 2.00. The molecule has 1 aromatic heterocycles. The van der Waals surface area contributed by atoms with Gasteiger partial charge in [0, 0.05) is 34.5 Å². The first-order valence-electron chi connectivity index (χ1n) is 11.8. The molecule has 2 fully saturated rings. The Morgan fingerprint density at radius 3 is 2.43 bits per heavy atom. The number of rotatable bonds is 4. The van der Waals surface area contributed by atoms with E-state index in [2.05, 4.69) is 51.2 Å². The molecule has 2 aromatic carbocycles. The molecule has 3 N–H and O–H groups in total. The first kappa shape index (κ1) is 25.6. The smallest absolute Gasteiger partial charge is 0.378 e. The third-order valence-electron chi connectivity index (χ3n) is 6.56. The lowest BCUT2D eigenvalue weighted by Gasteiger charge is -2.30. The van der Waals surface area contributed by atoms with Crippen molar-refractivity contribution in [1.82, 2.24) is 4.98 Å². The first-order valence-corrected chi connectivity index (χ1v) is 12.6. The van der Waals surface area contributed by atoms with Crippen LogP contribution in [0.4, 0.5) is 18.9 Å². The Bertz CT molecular complexity index is 1130. The Kier molecular flexibility index (Phi) is 8.06. The third kappa shape index (κ3) is 6.38. The molecule has 2 aliphatic rings. The minimum Gasteiger partial charge on any atom is -0.378 e. The zero-order valence-corrected chi connectivity index (χ0v) is 20.9. The molecule has 9 heteroatoms. The normalized spacial score (nSPS) is 16.9. The second-order valence-electron chi connectivity index (χ2n) is 8.99. The zero-order valence-electron chi connectivity index (χ0n) is 19.3. The molecule has 0 bridgehead atoms. The molecule has 3 aromatic rings. The second kappa shape index (κ2) is 11.0. The van der Waals surface area contributed by atoms with Crippen molar-refractivity contribution in [3.63, 3.8) is 0 Å². The maximum Gasteiger partial charge on any atom is 0.416 e. The lowest BCUT2D eigenvalue weighted by atomic mass is 10.0. The number of anilines is 1. The van der Waals surface area contributed by atoms with Crippen LogP contribution in [0, 0.1) is 0 Å². The number of halogens is 4. The van der Waals surface area contributed by atoms with Crippen molar-refractivity contribution in [2.75, 3.05) is 31.2 Å². The van der Waals surface area contributed by atoms with Crippen LogP contribution in [-0.4, -0.2) is 37.2 Å². The van der Waals surface area contributed by atoms with Gasteiger partial charge in [-0.1, -0.05) is 47.0 Å². The predicted molar refractivity (Wildman–Crippen MR) is 135 cm³/mol. The van der Waals surface area contributed by atoms with E-state index in [0.29, 0.717) is 32.0 Å². The molecule has 5 rings (SSSR count). The number of aromatic amines is 1. The monoisotopic (exact) mass is 551 g/mol. The SMILES string of the molecule is NC(=O)Cc1c(Br)cc(N2CCOCC2)cc1C(F)(F)F.c1ccc2[nH]c(C3CCCC3)cc2c1. The van der Waals surface area contributed by atoms with Crippen molar-refractivity contribution in [1.29, 1.82) is 0 Å². The topological polar surface area (TPSA) is 71.3 Å². The molecule has 0 spiro atoms. The average molecular weight is 552 g/mol. The third-order valence-corrected chi connectivity index (χ3v) is 7.27. The van der Waals surface area contributed by atoms with Crippen molar-refractivity contribution in [3.05, 3.63) is 63.8 Å². The molecule has 0 radical (unpaired) electrons. The second-order valence-corrected chi connectivity index (χ2v) is 9.84. The van der Waals surface area contributed by atoms with Crippen molar-refractivity contribution < 1.29 is 22.7 Å². The number of alkyl halides is 3. The van der Waals surface area contributed by atoms with Crippen LogP contribution in [0.1, 0.15) is 48.4 Å². The van der Waals surface area contributed by atoms with Crippen LogP contribution in [0.15, 0.2) is 46.9 Å². The maximum absolute atomic E-state index is 13.2. The number of ether oxygens (including phenoxy) is 1. The standard InChI is InChI=1S/C13H14BrF3N2O2.C13H15N/c14-11-6-8(19-1-3-21-4-2-19)5-10(13(15,16)17)9(11)7-12(18)20;1-2-6-10(5-1)13-9-11-7-3-4-8-12(11)14-13/h5-6H,1-4,7H2,(H2,18,20);3-4,7-10,14H,1-2,5-6H2. The Morgan fingerprint density at radius 1 is 1.11 bits per heavy atom. The van der Waals surface area contributed by atoms with E-state index < -0.39 is 24.1 Å². The molecular formula is C26H29BrF3N3O2. The summed E-state index contributed by atoms with van der Waals surface area (Å²) in [6.07, 6.45) is 0.536. The molecule has 2 heterocycles. The molecule has 35 heavy (non-hydrogen) atoms. The molecule has 1 saturated heterocycles. The van der Waals surface area contributed by atoms with Gasteiger partial charge in [0.2, 0.25) is 5.91 Å². The Labute approximate surface area is 210 Å². The average Bonchev–Trinajstić information content (AvgIpc) is 3.50. The van der Waals surface area contributed by atoms with E-state index >= 15 is 0 Å². The predicted octanol–water partition coefficient (Wildman–Crippen LogP) is 6.16. The number of hydrogen-bond donors (Lipinski definition) is 2. The van der Waals surface area contributed by atoms with Crippen LogP contribution in [-0.2, 0) is 22.1 Å². The number of nitrogens with one attached hydrogen (secondary N) is 1. The van der Waals surface area contributed by atoms with E-state index in [0.717, 1.165) is 12.0 Å². The molecule has 0 atom stereocenters. The van der Waals surface area contributed by atoms with Crippen LogP contribution in [0.3, 0.4) is 0 Å². The largest absolute Gasteiger partial charge is 0.416 e. The highest BCUT2D eigenvalue weighted by atomic mass is 79.9. The fourth-order valence-electron chi connectivity index (χ4n) is 4.79. The number of primary amides is 1. The number of amides is 1. The summed E-state index contributed by atoms with van der Waals surface area (Å²) >= 11 is 3.12. The summed E-state index contributed by atoms with van der Waals surface area (Å²) in [5.74, 6) is -0.0114. The molecule has 1 amide bonds. The molecule has 1 aliphatic heterocycles. The summed E-state index contributed by atoms with van der Waals surface area (Å²) in [6, 6.07) is 13.5. The molecule has 0 unspecified atom stereocenters. The number of hydrogen-bond acceptors (Lipinski definition) is 3. The van der Waals surface area contributed by atoms with Gasteiger partial charge in [-0.15, -0.1) is 0 Å². The highest BCUT2D eigenvalue weighted by Gasteiger charge is 2.35. The first-order chi connectivity index (χ1) is 16.7. The minimum atomic E-state index is -4.55. The van der Waals surface area contributed by atoms with Gasteiger partial charge >= 0.3 is 6.18 Å². The summed E-state index contributed by atoms with van der Waals surface area (Å²) in [4.78, 5) is 16.3. The number of para-hydroxylation sites is 1. The summed E-state index contributed by atoms with van der Waals surface area (Å²) in [7, 11) is 0. The molecule has 1 aliphatic carbocycles. The number of nitrogens with zero attached hydrogens (tertiary/aromatic N) is 1. The van der Waals surface area contributed by atoms with E-state index in [1.54, 1.807) is 6.07 Å². The molecule has 5 nitrogen and oxygen atoms in total. The number of fused-ring (bicyclic) bond motifs is 1. The minimum absolute atomic E-state index is 0.132. The Hall–Kier alpha value is -2.52. The summed E-state index contributed by atoms with van der Waals surface area (Å²) in [5, 5.41) is 1.36. The van der Waals surface area contributed by atoms with Crippen molar-refractivity contribution >= 4 is 38.4 Å². The van der Waals surface area contributed by atoms with Gasteiger partial charge < -0.3 is 20.4 Å². The molecule has 188 valence electrons. The molecule has 1 saturated carbocycles. The van der Waals surface area contributed by atoms with E-state index in [1.165, 1.54) is 42.3 Å². The number of nitrogens with two attached hydrogens (primary N) is 1. The fraction of sp³-hybridized carbons (Fsp3) is 0.423. The highest BCUT2D eigenvalue weighted by molar-refractivity contribution is 9.10.